The summed E-state index contributed by atoms with van der Waals surface area (Å²) in [6.45, 7) is 5.59. The summed E-state index contributed by atoms with van der Waals surface area (Å²) < 4.78 is 0. The number of hydrogen-bond donors (Lipinski definition) is 3. The maximum Gasteiger partial charge on any atom is 0.253 e. The molecule has 1 aromatic carbocycles. The lowest BCUT2D eigenvalue weighted by Gasteiger charge is -2.28. The monoisotopic (exact) mass is 337 g/mol. The van der Waals surface area contributed by atoms with Crippen LogP contribution in [0.3, 0.4) is 0 Å². The Hall–Kier alpha value is -1.59. The molecule has 23 heavy (non-hydrogen) atoms. The lowest BCUT2D eigenvalue weighted by atomic mass is 10.0. The summed E-state index contributed by atoms with van der Waals surface area (Å²) in [5.74, 6) is -0.488. The summed E-state index contributed by atoms with van der Waals surface area (Å²) in [7, 11) is 0. The van der Waals surface area contributed by atoms with E-state index in [1.807, 2.05) is 13.8 Å². The third kappa shape index (κ3) is 4.94. The van der Waals surface area contributed by atoms with Crippen molar-refractivity contribution in [3.63, 3.8) is 0 Å². The van der Waals surface area contributed by atoms with E-state index in [1.54, 1.807) is 24.3 Å². The number of rotatable bonds is 5. The molecule has 6 heteroatoms. The van der Waals surface area contributed by atoms with Crippen molar-refractivity contribution >= 4 is 23.4 Å². The normalized spacial score (nSPS) is 19.2. The predicted octanol–water partition coefficient (Wildman–Crippen LogP) is 1.96. The molecule has 1 aliphatic rings. The summed E-state index contributed by atoms with van der Waals surface area (Å²) in [5, 5.41) is 9.47. The highest BCUT2D eigenvalue weighted by Crippen LogP contribution is 2.15. The number of carbonyl (C=O) groups is 2. The zero-order chi connectivity index (χ0) is 16.8. The molecular weight excluding hydrogens is 314 g/mol. The van der Waals surface area contributed by atoms with Crippen LogP contribution in [-0.4, -0.2) is 37.0 Å². The van der Waals surface area contributed by atoms with E-state index in [2.05, 4.69) is 16.0 Å². The summed E-state index contributed by atoms with van der Waals surface area (Å²) in [6, 6.07) is 6.36. The lowest BCUT2D eigenvalue weighted by molar-refractivity contribution is -0.124. The summed E-state index contributed by atoms with van der Waals surface area (Å²) >= 11 is 6.05. The van der Waals surface area contributed by atoms with E-state index in [1.165, 1.54) is 0 Å². The molecule has 0 aliphatic carbocycles. The molecule has 0 saturated carbocycles. The van der Waals surface area contributed by atoms with Gasteiger partial charge >= 0.3 is 0 Å². The maximum atomic E-state index is 12.5. The highest BCUT2D eigenvalue weighted by Gasteiger charge is 2.27. The molecule has 1 unspecified atom stereocenters. The van der Waals surface area contributed by atoms with Gasteiger partial charge < -0.3 is 16.0 Å². The molecule has 0 radical (unpaired) electrons. The van der Waals surface area contributed by atoms with Crippen LogP contribution in [0, 0.1) is 5.92 Å². The molecule has 5 nitrogen and oxygen atoms in total. The Morgan fingerprint density at radius 2 is 2.04 bits per heavy atom. The maximum absolute atomic E-state index is 12.5. The Morgan fingerprint density at radius 1 is 1.30 bits per heavy atom. The number of hydrogen-bond acceptors (Lipinski definition) is 3. The van der Waals surface area contributed by atoms with Crippen molar-refractivity contribution in [3.8, 4) is 0 Å². The van der Waals surface area contributed by atoms with E-state index in [-0.39, 0.29) is 23.8 Å². The molecule has 0 bridgehead atoms. The third-order valence-corrected chi connectivity index (χ3v) is 4.33. The fraction of sp³-hybridized carbons (Fsp3) is 0.529. The first-order valence-electron chi connectivity index (χ1n) is 8.05. The van der Waals surface area contributed by atoms with Gasteiger partial charge in [-0.3, -0.25) is 9.59 Å². The van der Waals surface area contributed by atoms with Gasteiger partial charge in [-0.05, 0) is 37.4 Å². The molecule has 2 rings (SSSR count). The molecular formula is C17H24ClN3O2. The van der Waals surface area contributed by atoms with Crippen LogP contribution in [0.4, 0.5) is 0 Å². The van der Waals surface area contributed by atoms with Gasteiger partial charge in [-0.2, -0.15) is 0 Å². The van der Waals surface area contributed by atoms with Gasteiger partial charge in [-0.15, -0.1) is 0 Å². The van der Waals surface area contributed by atoms with Crippen LogP contribution in [0.5, 0.6) is 0 Å². The molecule has 2 amide bonds. The average Bonchev–Trinajstić information content (AvgIpc) is 2.53. The van der Waals surface area contributed by atoms with Gasteiger partial charge in [0.1, 0.15) is 6.04 Å². The van der Waals surface area contributed by atoms with Gasteiger partial charge in [0.25, 0.3) is 5.91 Å². The molecule has 3 N–H and O–H groups in total. The molecule has 2 atom stereocenters. The van der Waals surface area contributed by atoms with E-state index in [0.717, 1.165) is 25.9 Å². The van der Waals surface area contributed by atoms with Crippen LogP contribution in [0.2, 0.25) is 5.02 Å². The number of nitrogens with one attached hydrogen (secondary N) is 3. The van der Waals surface area contributed by atoms with E-state index in [4.69, 9.17) is 11.6 Å². The van der Waals surface area contributed by atoms with Gasteiger partial charge in [0, 0.05) is 12.6 Å². The minimum absolute atomic E-state index is 0.0158. The standard InChI is InChI=1S/C17H24ClN3O2/c1-11(2)15(17(23)20-12-6-5-9-19-10-12)21-16(22)13-7-3-4-8-14(13)18/h3-4,7-8,11-12,15,19H,5-6,9-10H2,1-2H3,(H,20,23)(H,21,22)/t12-,15?/m0/s1. The second kappa shape index (κ2) is 8.31. The highest BCUT2D eigenvalue weighted by atomic mass is 35.5. The van der Waals surface area contributed by atoms with Crippen molar-refractivity contribution in [1.29, 1.82) is 0 Å². The first kappa shape index (κ1) is 17.8. The van der Waals surface area contributed by atoms with Crippen LogP contribution in [-0.2, 0) is 4.79 Å². The minimum Gasteiger partial charge on any atom is -0.350 e. The Labute approximate surface area is 142 Å². The van der Waals surface area contributed by atoms with E-state index < -0.39 is 6.04 Å². The van der Waals surface area contributed by atoms with Crippen LogP contribution in [0.15, 0.2) is 24.3 Å². The fourth-order valence-corrected chi connectivity index (χ4v) is 2.89. The van der Waals surface area contributed by atoms with Crippen molar-refractivity contribution in [1.82, 2.24) is 16.0 Å². The quantitative estimate of drug-likeness (QED) is 0.769. The molecule has 1 aliphatic heterocycles. The Balaban J connectivity index is 2.01. The molecule has 1 aromatic rings. The van der Waals surface area contributed by atoms with Gasteiger partial charge in [-0.1, -0.05) is 37.6 Å². The fourth-order valence-electron chi connectivity index (χ4n) is 2.67. The summed E-state index contributed by atoms with van der Waals surface area (Å²) in [6.07, 6.45) is 2.01. The first-order chi connectivity index (χ1) is 11.0. The predicted molar refractivity (Wildman–Crippen MR) is 91.6 cm³/mol. The molecule has 126 valence electrons. The number of benzene rings is 1. The molecule has 0 aromatic heterocycles. The van der Waals surface area contributed by atoms with Gasteiger partial charge in [-0.25, -0.2) is 0 Å². The average molecular weight is 338 g/mol. The largest absolute Gasteiger partial charge is 0.350 e. The van der Waals surface area contributed by atoms with Crippen molar-refractivity contribution in [3.05, 3.63) is 34.9 Å². The molecule has 1 heterocycles. The molecule has 0 spiro atoms. The van der Waals surface area contributed by atoms with E-state index in [9.17, 15) is 9.59 Å². The van der Waals surface area contributed by atoms with Crippen molar-refractivity contribution in [2.24, 2.45) is 5.92 Å². The molecule has 1 fully saturated rings. The smallest absolute Gasteiger partial charge is 0.253 e. The van der Waals surface area contributed by atoms with Crippen LogP contribution < -0.4 is 16.0 Å². The van der Waals surface area contributed by atoms with Crippen LogP contribution >= 0.6 is 11.6 Å². The van der Waals surface area contributed by atoms with Crippen molar-refractivity contribution in [2.45, 2.75) is 38.8 Å². The van der Waals surface area contributed by atoms with E-state index >= 15 is 0 Å². The highest BCUT2D eigenvalue weighted by molar-refractivity contribution is 6.33. The summed E-state index contributed by atoms with van der Waals surface area (Å²) in [5.41, 5.74) is 0.381. The number of halogens is 1. The Kier molecular flexibility index (Phi) is 6.42. The number of amides is 2. The topological polar surface area (TPSA) is 70.2 Å². The van der Waals surface area contributed by atoms with Gasteiger partial charge in [0.15, 0.2) is 0 Å². The summed E-state index contributed by atoms with van der Waals surface area (Å²) in [4.78, 5) is 24.9. The van der Waals surface area contributed by atoms with Gasteiger partial charge in [0.05, 0.1) is 10.6 Å². The van der Waals surface area contributed by atoms with Crippen LogP contribution in [0.1, 0.15) is 37.0 Å². The van der Waals surface area contributed by atoms with Crippen molar-refractivity contribution < 1.29 is 9.59 Å². The minimum atomic E-state index is -0.583. The van der Waals surface area contributed by atoms with Crippen molar-refractivity contribution in [2.75, 3.05) is 13.1 Å². The molecule has 1 saturated heterocycles. The van der Waals surface area contributed by atoms with E-state index in [0.29, 0.717) is 10.6 Å². The lowest BCUT2D eigenvalue weighted by Crippen LogP contribution is -2.54. The SMILES string of the molecule is CC(C)C(NC(=O)c1ccccc1Cl)C(=O)N[C@H]1CCCNC1. The number of piperidine rings is 1. The zero-order valence-corrected chi connectivity index (χ0v) is 14.3. The second-order valence-electron chi connectivity index (χ2n) is 6.23. The second-order valence-corrected chi connectivity index (χ2v) is 6.63. The number of carbonyl (C=O) groups excluding carboxylic acids is 2. The first-order valence-corrected chi connectivity index (χ1v) is 8.43. The van der Waals surface area contributed by atoms with Gasteiger partial charge in [0.2, 0.25) is 5.91 Å². The third-order valence-electron chi connectivity index (χ3n) is 4.00. The Bertz CT molecular complexity index is 557. The zero-order valence-electron chi connectivity index (χ0n) is 13.6. The Morgan fingerprint density at radius 3 is 2.65 bits per heavy atom. The van der Waals surface area contributed by atoms with Crippen LogP contribution in [0.25, 0.3) is 0 Å².